The highest BCUT2D eigenvalue weighted by atomic mass is 35.5. The van der Waals surface area contributed by atoms with E-state index in [1.807, 2.05) is 36.4 Å². The molecule has 1 atom stereocenters. The summed E-state index contributed by atoms with van der Waals surface area (Å²) < 4.78 is 14.2. The lowest BCUT2D eigenvalue weighted by molar-refractivity contribution is -0.140. The highest BCUT2D eigenvalue weighted by Crippen LogP contribution is 2.19. The molecule has 0 aliphatic carbocycles. The highest BCUT2D eigenvalue weighted by molar-refractivity contribution is 6.30. The molecule has 6 heteroatoms. The van der Waals surface area contributed by atoms with Crippen LogP contribution in [0.1, 0.15) is 16.7 Å². The van der Waals surface area contributed by atoms with Crippen LogP contribution in [0, 0.1) is 5.82 Å². The van der Waals surface area contributed by atoms with E-state index in [4.69, 9.17) is 11.6 Å². The summed E-state index contributed by atoms with van der Waals surface area (Å²) in [5.41, 5.74) is 2.00. The van der Waals surface area contributed by atoms with Crippen LogP contribution in [0.25, 0.3) is 0 Å². The Morgan fingerprint density at radius 3 is 2.32 bits per heavy atom. The summed E-state index contributed by atoms with van der Waals surface area (Å²) in [6, 6.07) is 22.1. The van der Waals surface area contributed by atoms with Crippen LogP contribution in [0.2, 0.25) is 5.02 Å². The van der Waals surface area contributed by atoms with E-state index < -0.39 is 11.9 Å². The fourth-order valence-electron chi connectivity index (χ4n) is 3.46. The van der Waals surface area contributed by atoms with Gasteiger partial charge in [0.25, 0.3) is 0 Å². The van der Waals surface area contributed by atoms with Crippen LogP contribution in [-0.2, 0) is 29.0 Å². The lowest BCUT2D eigenvalue weighted by Crippen LogP contribution is -2.50. The summed E-state index contributed by atoms with van der Waals surface area (Å²) in [4.78, 5) is 27.7. The third-order valence-corrected chi connectivity index (χ3v) is 5.29. The molecule has 0 saturated carbocycles. The van der Waals surface area contributed by atoms with Crippen molar-refractivity contribution in [3.63, 3.8) is 0 Å². The number of hydrogen-bond donors (Lipinski definition) is 1. The van der Waals surface area contributed by atoms with Gasteiger partial charge in [0.1, 0.15) is 11.9 Å². The quantitative estimate of drug-likeness (QED) is 0.566. The Morgan fingerprint density at radius 1 is 0.968 bits per heavy atom. The second kappa shape index (κ2) is 10.7. The van der Waals surface area contributed by atoms with Crippen LogP contribution in [-0.4, -0.2) is 29.8 Å². The summed E-state index contributed by atoms with van der Waals surface area (Å²) >= 11 is 6.13. The fourth-order valence-corrected chi connectivity index (χ4v) is 3.67. The third-order valence-electron chi connectivity index (χ3n) is 5.06. The second-order valence-corrected chi connectivity index (χ2v) is 7.68. The average Bonchev–Trinajstić information content (AvgIpc) is 2.78. The first-order valence-corrected chi connectivity index (χ1v) is 10.4. The average molecular weight is 439 g/mol. The third kappa shape index (κ3) is 6.15. The zero-order valence-corrected chi connectivity index (χ0v) is 18.0. The molecule has 160 valence electrons. The van der Waals surface area contributed by atoms with Crippen LogP contribution in [0.5, 0.6) is 0 Å². The molecule has 0 heterocycles. The number of nitrogens with one attached hydrogen (secondary N) is 1. The Morgan fingerprint density at radius 2 is 1.65 bits per heavy atom. The molecule has 3 aromatic carbocycles. The number of rotatable bonds is 8. The summed E-state index contributed by atoms with van der Waals surface area (Å²) in [6.07, 6.45) is 0.194. The zero-order chi connectivity index (χ0) is 22.2. The first-order chi connectivity index (χ1) is 15.0. The largest absolute Gasteiger partial charge is 0.357 e. The number of carbonyl (C=O) groups excluding carboxylic acids is 2. The number of hydrogen-bond acceptors (Lipinski definition) is 2. The topological polar surface area (TPSA) is 49.4 Å². The van der Waals surface area contributed by atoms with E-state index in [9.17, 15) is 14.0 Å². The summed E-state index contributed by atoms with van der Waals surface area (Å²) in [7, 11) is 1.54. The molecular formula is C25H24ClFN2O2. The molecule has 0 radical (unpaired) electrons. The SMILES string of the molecule is CNC(=O)C(Cc1ccccc1)N(Cc1cccc(Cl)c1)C(=O)Cc1ccccc1F. The molecule has 0 aromatic heterocycles. The van der Waals surface area contributed by atoms with E-state index in [-0.39, 0.29) is 24.8 Å². The van der Waals surface area contributed by atoms with Crippen molar-refractivity contribution in [3.05, 3.63) is 106 Å². The van der Waals surface area contributed by atoms with Crippen molar-refractivity contribution in [1.82, 2.24) is 10.2 Å². The van der Waals surface area contributed by atoms with Gasteiger partial charge >= 0.3 is 0 Å². The molecule has 3 aromatic rings. The lowest BCUT2D eigenvalue weighted by atomic mass is 10.0. The van der Waals surface area contributed by atoms with Gasteiger partial charge in [-0.1, -0.05) is 72.3 Å². The van der Waals surface area contributed by atoms with Crippen molar-refractivity contribution in [2.45, 2.75) is 25.4 Å². The van der Waals surface area contributed by atoms with Crippen LogP contribution in [0.3, 0.4) is 0 Å². The number of carbonyl (C=O) groups is 2. The van der Waals surface area contributed by atoms with Gasteiger partial charge in [0.05, 0.1) is 6.42 Å². The first-order valence-electron chi connectivity index (χ1n) is 10.0. The van der Waals surface area contributed by atoms with Crippen molar-refractivity contribution < 1.29 is 14.0 Å². The predicted octanol–water partition coefficient (Wildman–Crippen LogP) is 4.41. The standard InChI is InChI=1S/C25H24ClFN2O2/c1-28-25(31)23(15-18-8-3-2-4-9-18)29(17-19-10-7-12-21(26)14-19)24(30)16-20-11-5-6-13-22(20)27/h2-14,23H,15-17H2,1H3,(H,28,31). The molecule has 1 N–H and O–H groups in total. The van der Waals surface area contributed by atoms with Gasteiger partial charge in [-0.3, -0.25) is 9.59 Å². The molecular weight excluding hydrogens is 415 g/mol. The first kappa shape index (κ1) is 22.5. The summed E-state index contributed by atoms with van der Waals surface area (Å²) in [5.74, 6) is -1.07. The summed E-state index contributed by atoms with van der Waals surface area (Å²) in [5, 5.41) is 3.20. The van der Waals surface area contributed by atoms with Crippen LogP contribution >= 0.6 is 11.6 Å². The Labute approximate surface area is 186 Å². The Bertz CT molecular complexity index is 1040. The van der Waals surface area contributed by atoms with Crippen molar-refractivity contribution in [3.8, 4) is 0 Å². The minimum absolute atomic E-state index is 0.143. The van der Waals surface area contributed by atoms with Gasteiger partial charge in [-0.25, -0.2) is 4.39 Å². The van der Waals surface area contributed by atoms with E-state index in [0.29, 0.717) is 17.0 Å². The van der Waals surface area contributed by atoms with Crippen molar-refractivity contribution in [2.75, 3.05) is 7.05 Å². The van der Waals surface area contributed by atoms with Gasteiger partial charge < -0.3 is 10.2 Å². The molecule has 31 heavy (non-hydrogen) atoms. The fraction of sp³-hybridized carbons (Fsp3) is 0.200. The van der Waals surface area contributed by atoms with E-state index >= 15 is 0 Å². The second-order valence-electron chi connectivity index (χ2n) is 7.24. The minimum Gasteiger partial charge on any atom is -0.357 e. The Kier molecular flexibility index (Phi) is 7.79. The molecule has 0 aliphatic rings. The lowest BCUT2D eigenvalue weighted by Gasteiger charge is -2.31. The smallest absolute Gasteiger partial charge is 0.242 e. The van der Waals surface area contributed by atoms with Crippen LogP contribution in [0.15, 0.2) is 78.9 Å². The molecule has 1 unspecified atom stereocenters. The maximum atomic E-state index is 14.2. The maximum Gasteiger partial charge on any atom is 0.242 e. The summed E-state index contributed by atoms with van der Waals surface area (Å²) in [6.45, 7) is 0.179. The minimum atomic E-state index is -0.759. The van der Waals surface area contributed by atoms with E-state index in [2.05, 4.69) is 5.32 Å². The molecule has 0 bridgehead atoms. The normalized spacial score (nSPS) is 11.6. The van der Waals surface area contributed by atoms with Gasteiger partial charge in [-0.05, 0) is 34.9 Å². The van der Waals surface area contributed by atoms with Crippen molar-refractivity contribution >= 4 is 23.4 Å². The van der Waals surface area contributed by atoms with Gasteiger partial charge in [0.2, 0.25) is 11.8 Å². The monoisotopic (exact) mass is 438 g/mol. The number of amides is 2. The van der Waals surface area contributed by atoms with E-state index in [0.717, 1.165) is 11.1 Å². The van der Waals surface area contributed by atoms with E-state index in [1.54, 1.807) is 43.4 Å². The van der Waals surface area contributed by atoms with Gasteiger partial charge in [0, 0.05) is 25.0 Å². The molecule has 0 spiro atoms. The number of likely N-dealkylation sites (N-methyl/N-ethyl adjacent to an activating group) is 1. The molecule has 0 aliphatic heterocycles. The van der Waals surface area contributed by atoms with Gasteiger partial charge in [0.15, 0.2) is 0 Å². The number of nitrogens with zero attached hydrogens (tertiary/aromatic N) is 1. The van der Waals surface area contributed by atoms with Gasteiger partial charge in [-0.2, -0.15) is 0 Å². The molecule has 2 amide bonds. The molecule has 0 fully saturated rings. The zero-order valence-electron chi connectivity index (χ0n) is 17.2. The highest BCUT2D eigenvalue weighted by Gasteiger charge is 2.30. The number of benzene rings is 3. The van der Waals surface area contributed by atoms with Crippen LogP contribution in [0.4, 0.5) is 4.39 Å². The Balaban J connectivity index is 1.95. The molecule has 3 rings (SSSR count). The van der Waals surface area contributed by atoms with Crippen molar-refractivity contribution in [1.29, 1.82) is 0 Å². The molecule has 0 saturated heterocycles. The Hall–Kier alpha value is -3.18. The maximum absolute atomic E-state index is 14.2. The van der Waals surface area contributed by atoms with Gasteiger partial charge in [-0.15, -0.1) is 0 Å². The van der Waals surface area contributed by atoms with Crippen molar-refractivity contribution in [2.24, 2.45) is 0 Å². The predicted molar refractivity (Wildman–Crippen MR) is 120 cm³/mol. The molecule has 4 nitrogen and oxygen atoms in total. The van der Waals surface area contributed by atoms with Crippen LogP contribution < -0.4 is 5.32 Å². The number of halogens is 2. The van der Waals surface area contributed by atoms with E-state index in [1.165, 1.54) is 11.0 Å².